The van der Waals surface area contributed by atoms with E-state index >= 15 is 0 Å². The third kappa shape index (κ3) is 4.58. The van der Waals surface area contributed by atoms with Crippen molar-refractivity contribution in [1.29, 1.82) is 0 Å². The molecule has 1 aromatic rings. The fourth-order valence-electron chi connectivity index (χ4n) is 2.28. The summed E-state index contributed by atoms with van der Waals surface area (Å²) in [5.41, 5.74) is -0.562. The summed E-state index contributed by atoms with van der Waals surface area (Å²) in [6, 6.07) is 3.19. The van der Waals surface area contributed by atoms with E-state index in [2.05, 4.69) is 0 Å². The van der Waals surface area contributed by atoms with Crippen molar-refractivity contribution in [2.45, 2.75) is 45.3 Å². The summed E-state index contributed by atoms with van der Waals surface area (Å²) in [4.78, 5) is 13.6. The number of amides is 1. The average molecular weight is 313 g/mol. The van der Waals surface area contributed by atoms with E-state index in [-0.39, 0.29) is 11.9 Å². The maximum absolute atomic E-state index is 13.6. The molecule has 2 rings (SSSR count). The number of likely N-dealkylation sites (tertiary alicyclic amines) is 1. The van der Waals surface area contributed by atoms with Gasteiger partial charge in [-0.2, -0.15) is 0 Å². The lowest BCUT2D eigenvalue weighted by Crippen LogP contribution is -2.46. The number of carbonyl (C=O) groups is 1. The van der Waals surface area contributed by atoms with Gasteiger partial charge in [-0.1, -0.05) is 0 Å². The van der Waals surface area contributed by atoms with Crippen LogP contribution >= 0.6 is 0 Å². The Bertz CT molecular complexity index is 543. The van der Waals surface area contributed by atoms with Crippen molar-refractivity contribution < 1.29 is 23.0 Å². The number of ether oxygens (including phenoxy) is 2. The molecule has 0 radical (unpaired) electrons. The van der Waals surface area contributed by atoms with Gasteiger partial charge >= 0.3 is 6.09 Å². The van der Waals surface area contributed by atoms with Gasteiger partial charge in [-0.3, -0.25) is 0 Å². The minimum atomic E-state index is -0.741. The van der Waals surface area contributed by atoms with Crippen molar-refractivity contribution in [3.05, 3.63) is 29.8 Å². The molecule has 1 atom stereocenters. The Labute approximate surface area is 129 Å². The molecule has 0 aromatic heterocycles. The Kier molecular flexibility index (Phi) is 4.88. The number of piperidine rings is 1. The Balaban J connectivity index is 1.97. The van der Waals surface area contributed by atoms with Crippen molar-refractivity contribution in [3.8, 4) is 5.75 Å². The molecule has 0 N–H and O–H groups in total. The molecular weight excluding hydrogens is 292 g/mol. The van der Waals surface area contributed by atoms with E-state index in [9.17, 15) is 13.6 Å². The number of halogens is 2. The zero-order valence-electron chi connectivity index (χ0n) is 13.1. The second-order valence-electron chi connectivity index (χ2n) is 6.38. The minimum absolute atomic E-state index is 0.00237. The van der Waals surface area contributed by atoms with Gasteiger partial charge in [0.25, 0.3) is 0 Å². The predicted octanol–water partition coefficient (Wildman–Crippen LogP) is 3.74. The molecule has 1 heterocycles. The van der Waals surface area contributed by atoms with Gasteiger partial charge < -0.3 is 14.4 Å². The van der Waals surface area contributed by atoms with E-state index in [1.807, 2.05) is 0 Å². The van der Waals surface area contributed by atoms with Gasteiger partial charge in [0.15, 0.2) is 11.6 Å². The molecule has 0 saturated carbocycles. The van der Waals surface area contributed by atoms with Gasteiger partial charge in [-0.15, -0.1) is 0 Å². The largest absolute Gasteiger partial charge is 0.486 e. The summed E-state index contributed by atoms with van der Waals surface area (Å²) in [5, 5.41) is 0. The molecule has 0 aliphatic carbocycles. The van der Waals surface area contributed by atoms with E-state index in [1.54, 1.807) is 25.7 Å². The summed E-state index contributed by atoms with van der Waals surface area (Å²) in [5.74, 6) is -1.39. The van der Waals surface area contributed by atoms with Crippen LogP contribution in [0.5, 0.6) is 5.75 Å². The molecular formula is C16H21F2NO3. The first-order chi connectivity index (χ1) is 10.2. The highest BCUT2D eigenvalue weighted by Gasteiger charge is 2.29. The predicted molar refractivity (Wildman–Crippen MR) is 77.8 cm³/mol. The number of hydrogen-bond acceptors (Lipinski definition) is 3. The molecule has 0 bridgehead atoms. The van der Waals surface area contributed by atoms with Gasteiger partial charge in [0.2, 0.25) is 0 Å². The smallest absolute Gasteiger partial charge is 0.410 e. The van der Waals surface area contributed by atoms with E-state index in [4.69, 9.17) is 9.47 Å². The maximum Gasteiger partial charge on any atom is 0.410 e. The first-order valence-corrected chi connectivity index (χ1v) is 7.34. The van der Waals surface area contributed by atoms with Crippen molar-refractivity contribution >= 4 is 6.09 Å². The molecule has 1 amide bonds. The molecule has 1 unspecified atom stereocenters. The topological polar surface area (TPSA) is 38.8 Å². The second kappa shape index (κ2) is 6.50. The van der Waals surface area contributed by atoms with Gasteiger partial charge in [0.1, 0.15) is 17.5 Å². The van der Waals surface area contributed by atoms with E-state index in [0.29, 0.717) is 19.5 Å². The lowest BCUT2D eigenvalue weighted by Gasteiger charge is -2.34. The summed E-state index contributed by atoms with van der Waals surface area (Å²) >= 11 is 0. The van der Waals surface area contributed by atoms with Crippen LogP contribution in [-0.2, 0) is 4.74 Å². The van der Waals surface area contributed by atoms with Gasteiger partial charge in [0, 0.05) is 12.6 Å². The third-order valence-electron chi connectivity index (χ3n) is 3.22. The molecule has 122 valence electrons. The zero-order chi connectivity index (χ0) is 16.3. The second-order valence-corrected chi connectivity index (χ2v) is 6.38. The number of hydrogen-bond donors (Lipinski definition) is 0. The van der Waals surface area contributed by atoms with Crippen LogP contribution in [0, 0.1) is 11.6 Å². The van der Waals surface area contributed by atoms with E-state index in [1.165, 1.54) is 6.07 Å². The number of nitrogens with zero attached hydrogens (tertiary/aromatic N) is 1. The highest BCUT2D eigenvalue weighted by Crippen LogP contribution is 2.23. The Hall–Kier alpha value is -1.85. The molecule has 1 aliphatic rings. The fraction of sp³-hybridized carbons (Fsp3) is 0.562. The molecule has 22 heavy (non-hydrogen) atoms. The third-order valence-corrected chi connectivity index (χ3v) is 3.22. The number of benzene rings is 1. The van der Waals surface area contributed by atoms with Crippen LogP contribution in [0.2, 0.25) is 0 Å². The normalized spacial score (nSPS) is 19.0. The SMILES string of the molecule is CC(C)(C)OC(=O)N1CCCC(Oc2ccc(F)cc2F)C1. The first kappa shape index (κ1) is 16.5. The van der Waals surface area contributed by atoms with Crippen LogP contribution < -0.4 is 4.74 Å². The van der Waals surface area contributed by atoms with Crippen LogP contribution in [0.4, 0.5) is 13.6 Å². The average Bonchev–Trinajstić information content (AvgIpc) is 2.40. The molecule has 6 heteroatoms. The summed E-state index contributed by atoms with van der Waals surface area (Å²) < 4.78 is 37.4. The fourth-order valence-corrected chi connectivity index (χ4v) is 2.28. The highest BCUT2D eigenvalue weighted by atomic mass is 19.1. The molecule has 1 aromatic carbocycles. The minimum Gasteiger partial charge on any atom is -0.486 e. The first-order valence-electron chi connectivity index (χ1n) is 7.34. The number of carbonyl (C=O) groups excluding carboxylic acids is 1. The maximum atomic E-state index is 13.6. The van der Waals surface area contributed by atoms with Crippen molar-refractivity contribution in [2.24, 2.45) is 0 Å². The van der Waals surface area contributed by atoms with E-state index < -0.39 is 23.3 Å². The Morgan fingerprint density at radius 1 is 1.32 bits per heavy atom. The summed E-state index contributed by atoms with van der Waals surface area (Å²) in [6.45, 7) is 6.32. The number of rotatable bonds is 2. The van der Waals surface area contributed by atoms with Crippen molar-refractivity contribution in [1.82, 2.24) is 4.90 Å². The molecule has 1 saturated heterocycles. The van der Waals surface area contributed by atoms with Crippen LogP contribution in [0.3, 0.4) is 0 Å². The summed E-state index contributed by atoms with van der Waals surface area (Å²) in [7, 11) is 0. The van der Waals surface area contributed by atoms with Crippen LogP contribution in [0.15, 0.2) is 18.2 Å². The van der Waals surface area contributed by atoms with Gasteiger partial charge in [-0.25, -0.2) is 13.6 Å². The van der Waals surface area contributed by atoms with Crippen LogP contribution in [0.1, 0.15) is 33.6 Å². The zero-order valence-corrected chi connectivity index (χ0v) is 13.1. The lowest BCUT2D eigenvalue weighted by molar-refractivity contribution is 0.00736. The lowest BCUT2D eigenvalue weighted by atomic mass is 10.1. The van der Waals surface area contributed by atoms with Crippen molar-refractivity contribution in [2.75, 3.05) is 13.1 Å². The van der Waals surface area contributed by atoms with Gasteiger partial charge in [0.05, 0.1) is 6.54 Å². The molecule has 4 nitrogen and oxygen atoms in total. The standard InChI is InChI=1S/C16H21F2NO3/c1-16(2,3)22-15(20)19-8-4-5-12(10-19)21-14-7-6-11(17)9-13(14)18/h6-7,9,12H,4-5,8,10H2,1-3H3. The molecule has 1 aliphatic heterocycles. The quantitative estimate of drug-likeness (QED) is 0.835. The van der Waals surface area contributed by atoms with Crippen LogP contribution in [-0.4, -0.2) is 35.8 Å². The van der Waals surface area contributed by atoms with Crippen LogP contribution in [0.25, 0.3) is 0 Å². The van der Waals surface area contributed by atoms with Gasteiger partial charge in [-0.05, 0) is 45.7 Å². The molecule has 0 spiro atoms. The Morgan fingerprint density at radius 3 is 2.68 bits per heavy atom. The Morgan fingerprint density at radius 2 is 2.05 bits per heavy atom. The highest BCUT2D eigenvalue weighted by molar-refractivity contribution is 5.68. The molecule has 1 fully saturated rings. The monoisotopic (exact) mass is 313 g/mol. The van der Waals surface area contributed by atoms with E-state index in [0.717, 1.165) is 18.6 Å². The van der Waals surface area contributed by atoms with Crippen molar-refractivity contribution in [3.63, 3.8) is 0 Å². The summed E-state index contributed by atoms with van der Waals surface area (Å²) in [6.07, 6.45) is 0.713.